The lowest BCUT2D eigenvalue weighted by atomic mass is 10.4. The second kappa shape index (κ2) is 9.02. The Morgan fingerprint density at radius 3 is 2.79 bits per heavy atom. The van der Waals surface area contributed by atoms with Gasteiger partial charge in [-0.05, 0) is 32.9 Å². The van der Waals surface area contributed by atoms with E-state index in [2.05, 4.69) is 25.8 Å². The molecule has 2 N–H and O–H groups in total. The molecule has 0 atom stereocenters. The fourth-order valence-corrected chi connectivity index (χ4v) is 3.99. The van der Waals surface area contributed by atoms with Gasteiger partial charge in [0.15, 0.2) is 21.9 Å². The summed E-state index contributed by atoms with van der Waals surface area (Å²) in [6, 6.07) is 3.24. The molecule has 0 bridgehead atoms. The van der Waals surface area contributed by atoms with Crippen LogP contribution in [0.1, 0.15) is 33.9 Å². The number of hydrogen-bond donors (Lipinski definition) is 2. The molecule has 0 saturated heterocycles. The van der Waals surface area contributed by atoms with Crippen molar-refractivity contribution >= 4 is 40.0 Å². The van der Waals surface area contributed by atoms with Crippen molar-refractivity contribution in [2.75, 3.05) is 11.1 Å². The van der Waals surface area contributed by atoms with Gasteiger partial charge in [0.05, 0.1) is 24.3 Å². The molecule has 9 nitrogen and oxygen atoms in total. The van der Waals surface area contributed by atoms with E-state index in [1.807, 2.05) is 25.3 Å². The van der Waals surface area contributed by atoms with Gasteiger partial charge in [0, 0.05) is 11.4 Å². The number of nitrogens with one attached hydrogen (secondary N) is 2. The molecule has 3 aromatic heterocycles. The van der Waals surface area contributed by atoms with E-state index in [1.54, 1.807) is 12.1 Å². The van der Waals surface area contributed by atoms with Crippen LogP contribution in [-0.4, -0.2) is 37.3 Å². The highest BCUT2D eigenvalue weighted by molar-refractivity contribution is 7.99. The average molecular weight is 421 g/mol. The lowest BCUT2D eigenvalue weighted by Gasteiger charge is -2.07. The minimum atomic E-state index is -0.321. The molecule has 148 valence electrons. The standard InChI is InChI=1S/C17H20N6O3S2/c1-4-23-13(8-18-15(25)12-6-5-7-26-12)21-22-17(23)27-9-14(24)20-16-19-10(2)11(3)28-16/h5-7H,4,8-9H2,1-3H3,(H,18,25)(H,19,20,24). The fourth-order valence-electron chi connectivity index (χ4n) is 2.34. The first-order chi connectivity index (χ1) is 13.5. The van der Waals surface area contributed by atoms with Crippen molar-refractivity contribution in [3.8, 4) is 0 Å². The molecule has 0 unspecified atom stereocenters. The number of furan rings is 1. The molecule has 3 heterocycles. The second-order valence-corrected chi connectivity index (χ2v) is 7.95. The molecule has 28 heavy (non-hydrogen) atoms. The van der Waals surface area contributed by atoms with Crippen LogP contribution in [0.3, 0.4) is 0 Å². The van der Waals surface area contributed by atoms with Crippen LogP contribution in [0.5, 0.6) is 0 Å². The number of carbonyl (C=O) groups is 2. The van der Waals surface area contributed by atoms with Crippen LogP contribution in [0.2, 0.25) is 0 Å². The number of thioether (sulfide) groups is 1. The first kappa shape index (κ1) is 20.1. The number of anilines is 1. The van der Waals surface area contributed by atoms with E-state index < -0.39 is 0 Å². The van der Waals surface area contributed by atoms with Gasteiger partial charge in [-0.15, -0.1) is 21.5 Å². The van der Waals surface area contributed by atoms with Crippen molar-refractivity contribution in [2.24, 2.45) is 0 Å². The van der Waals surface area contributed by atoms with Gasteiger partial charge in [0.25, 0.3) is 5.91 Å². The van der Waals surface area contributed by atoms with Gasteiger partial charge >= 0.3 is 0 Å². The minimum Gasteiger partial charge on any atom is -0.459 e. The highest BCUT2D eigenvalue weighted by atomic mass is 32.2. The Hall–Kier alpha value is -2.66. The van der Waals surface area contributed by atoms with E-state index in [1.165, 1.54) is 29.4 Å². The topological polar surface area (TPSA) is 115 Å². The number of amides is 2. The van der Waals surface area contributed by atoms with E-state index >= 15 is 0 Å². The van der Waals surface area contributed by atoms with Crippen LogP contribution in [0, 0.1) is 13.8 Å². The van der Waals surface area contributed by atoms with Gasteiger partial charge in [-0.1, -0.05) is 11.8 Å². The third-order valence-electron chi connectivity index (χ3n) is 3.87. The summed E-state index contributed by atoms with van der Waals surface area (Å²) in [4.78, 5) is 29.5. The Balaban J connectivity index is 1.55. The first-order valence-electron chi connectivity index (χ1n) is 8.58. The zero-order chi connectivity index (χ0) is 20.1. The highest BCUT2D eigenvalue weighted by Gasteiger charge is 2.16. The van der Waals surface area contributed by atoms with Crippen molar-refractivity contribution in [3.05, 3.63) is 40.6 Å². The molecule has 0 aliphatic heterocycles. The summed E-state index contributed by atoms with van der Waals surface area (Å²) in [5.41, 5.74) is 0.917. The summed E-state index contributed by atoms with van der Waals surface area (Å²) in [5, 5.41) is 15.0. The molecule has 3 rings (SSSR count). The number of rotatable bonds is 8. The molecule has 0 aromatic carbocycles. The number of carbonyl (C=O) groups excluding carboxylic acids is 2. The van der Waals surface area contributed by atoms with E-state index in [4.69, 9.17) is 4.42 Å². The fraction of sp³-hybridized carbons (Fsp3) is 0.353. The third-order valence-corrected chi connectivity index (χ3v) is 5.82. The van der Waals surface area contributed by atoms with Gasteiger partial charge in [0.1, 0.15) is 0 Å². The van der Waals surface area contributed by atoms with E-state index in [9.17, 15) is 9.59 Å². The molecule has 3 aromatic rings. The number of nitrogens with zero attached hydrogens (tertiary/aromatic N) is 4. The third kappa shape index (κ3) is 4.78. The van der Waals surface area contributed by atoms with E-state index in [-0.39, 0.29) is 29.9 Å². The predicted octanol–water partition coefficient (Wildman–Crippen LogP) is 2.63. The SMILES string of the molecule is CCn1c(CNC(=O)c2ccco2)nnc1SCC(=O)Nc1nc(C)c(C)s1. The van der Waals surface area contributed by atoms with Gasteiger partial charge in [-0.2, -0.15) is 0 Å². The molecule has 0 spiro atoms. The van der Waals surface area contributed by atoms with Crippen LogP contribution in [0.4, 0.5) is 5.13 Å². The Labute approximate surface area is 169 Å². The Morgan fingerprint density at radius 1 is 1.32 bits per heavy atom. The molecule has 2 amide bonds. The van der Waals surface area contributed by atoms with Crippen molar-refractivity contribution in [2.45, 2.75) is 39.0 Å². The van der Waals surface area contributed by atoms with Crippen molar-refractivity contribution in [3.63, 3.8) is 0 Å². The van der Waals surface area contributed by atoms with Gasteiger partial charge in [-0.25, -0.2) is 4.98 Å². The van der Waals surface area contributed by atoms with Crippen LogP contribution in [0.15, 0.2) is 28.0 Å². The van der Waals surface area contributed by atoms with Crippen LogP contribution in [-0.2, 0) is 17.9 Å². The molecule has 0 fully saturated rings. The van der Waals surface area contributed by atoms with Crippen LogP contribution < -0.4 is 10.6 Å². The second-order valence-electron chi connectivity index (χ2n) is 5.80. The minimum absolute atomic E-state index is 0.155. The number of thiazole rings is 1. The monoisotopic (exact) mass is 420 g/mol. The Morgan fingerprint density at radius 2 is 2.14 bits per heavy atom. The summed E-state index contributed by atoms with van der Waals surface area (Å²) in [6.45, 7) is 6.66. The summed E-state index contributed by atoms with van der Waals surface area (Å²) in [5.74, 6) is 0.558. The highest BCUT2D eigenvalue weighted by Crippen LogP contribution is 2.22. The number of hydrogen-bond acceptors (Lipinski definition) is 8. The first-order valence-corrected chi connectivity index (χ1v) is 10.4. The van der Waals surface area contributed by atoms with Crippen molar-refractivity contribution < 1.29 is 14.0 Å². The molecule has 0 aliphatic rings. The normalized spacial score (nSPS) is 10.8. The summed E-state index contributed by atoms with van der Waals surface area (Å²) in [7, 11) is 0. The van der Waals surface area contributed by atoms with Gasteiger partial charge in [-0.3, -0.25) is 9.59 Å². The molecule has 11 heteroatoms. The molecule has 0 aliphatic carbocycles. The smallest absolute Gasteiger partial charge is 0.287 e. The molecule has 0 saturated carbocycles. The molecular weight excluding hydrogens is 400 g/mol. The van der Waals surface area contributed by atoms with Gasteiger partial charge in [0.2, 0.25) is 5.91 Å². The van der Waals surface area contributed by atoms with Crippen molar-refractivity contribution in [1.82, 2.24) is 25.1 Å². The van der Waals surface area contributed by atoms with Gasteiger partial charge < -0.3 is 19.6 Å². The zero-order valence-electron chi connectivity index (χ0n) is 15.7. The van der Waals surface area contributed by atoms with Crippen molar-refractivity contribution in [1.29, 1.82) is 0 Å². The molecule has 0 radical (unpaired) electrons. The van der Waals surface area contributed by atoms with Crippen LogP contribution in [0.25, 0.3) is 0 Å². The maximum Gasteiger partial charge on any atom is 0.287 e. The lowest BCUT2D eigenvalue weighted by molar-refractivity contribution is -0.113. The summed E-state index contributed by atoms with van der Waals surface area (Å²) in [6.07, 6.45) is 1.44. The Bertz CT molecular complexity index is 944. The number of aromatic nitrogens is 4. The maximum atomic E-state index is 12.2. The average Bonchev–Trinajstić information content (AvgIpc) is 3.39. The predicted molar refractivity (Wildman–Crippen MR) is 107 cm³/mol. The quantitative estimate of drug-likeness (QED) is 0.538. The largest absolute Gasteiger partial charge is 0.459 e. The Kier molecular flexibility index (Phi) is 6.47. The lowest BCUT2D eigenvalue weighted by Crippen LogP contribution is -2.24. The summed E-state index contributed by atoms with van der Waals surface area (Å²) < 4.78 is 6.92. The molecular formula is C17H20N6O3S2. The summed E-state index contributed by atoms with van der Waals surface area (Å²) >= 11 is 2.74. The van der Waals surface area contributed by atoms with E-state index in [0.717, 1.165) is 10.6 Å². The number of aryl methyl sites for hydroxylation is 2. The zero-order valence-corrected chi connectivity index (χ0v) is 17.3. The maximum absolute atomic E-state index is 12.2. The van der Waals surface area contributed by atoms with E-state index in [0.29, 0.717) is 22.7 Å². The van der Waals surface area contributed by atoms with Crippen LogP contribution >= 0.6 is 23.1 Å².